The Bertz CT molecular complexity index is 806. The van der Waals surface area contributed by atoms with Gasteiger partial charge in [0.1, 0.15) is 6.61 Å². The Labute approximate surface area is 162 Å². The molecule has 0 fully saturated rings. The first-order valence-corrected chi connectivity index (χ1v) is 8.55. The summed E-state index contributed by atoms with van der Waals surface area (Å²) in [5.74, 6) is -0.290. The Balaban J connectivity index is 2.00. The Kier molecular flexibility index (Phi) is 7.51. The minimum absolute atomic E-state index is 0.169. The van der Waals surface area contributed by atoms with Gasteiger partial charge in [-0.1, -0.05) is 52.6 Å². The molecule has 5 nitrogen and oxygen atoms in total. The number of amides is 1. The van der Waals surface area contributed by atoms with Crippen molar-refractivity contribution < 1.29 is 9.63 Å². The maximum atomic E-state index is 12.4. The number of anilines is 1. The highest BCUT2D eigenvalue weighted by Crippen LogP contribution is 2.21. The van der Waals surface area contributed by atoms with Crippen molar-refractivity contribution in [2.45, 2.75) is 6.61 Å². The predicted octanol–water partition coefficient (Wildman–Crippen LogP) is 4.58. The van der Waals surface area contributed by atoms with Crippen molar-refractivity contribution in [1.82, 2.24) is 4.90 Å². The molecular weight excluding hydrogens is 373 g/mol. The molecule has 0 bridgehead atoms. The largest absolute Gasteiger partial charge is 0.391 e. The highest BCUT2D eigenvalue weighted by Gasteiger charge is 2.09. The van der Waals surface area contributed by atoms with Crippen LogP contribution in [0.2, 0.25) is 10.0 Å². The number of hydrogen-bond acceptors (Lipinski definition) is 4. The number of rotatable bonds is 7. The molecule has 0 heterocycles. The number of benzene rings is 2. The first kappa shape index (κ1) is 19.8. The van der Waals surface area contributed by atoms with Crippen molar-refractivity contribution >= 4 is 41.0 Å². The standard InChI is InChI=1S/C19H19Cl2N3O2/c1-24(2)12-15(19(25)23-17-6-4-3-5-7-17)11-22-26-13-14-8-9-16(20)10-18(14)21/h3-12H,13H2,1-2H3,(H,23,25)/b15-12-,22-11+. The summed E-state index contributed by atoms with van der Waals surface area (Å²) < 4.78 is 0. The van der Waals surface area contributed by atoms with Gasteiger partial charge in [-0.2, -0.15) is 0 Å². The van der Waals surface area contributed by atoms with Gasteiger partial charge in [0.15, 0.2) is 0 Å². The third kappa shape index (κ3) is 6.43. The van der Waals surface area contributed by atoms with Crippen LogP contribution < -0.4 is 5.32 Å². The predicted molar refractivity (Wildman–Crippen MR) is 107 cm³/mol. The van der Waals surface area contributed by atoms with Gasteiger partial charge >= 0.3 is 0 Å². The van der Waals surface area contributed by atoms with Gasteiger partial charge in [-0.25, -0.2) is 0 Å². The Morgan fingerprint density at radius 2 is 1.92 bits per heavy atom. The van der Waals surface area contributed by atoms with Crippen molar-refractivity contribution in [3.63, 3.8) is 0 Å². The van der Waals surface area contributed by atoms with E-state index in [1.165, 1.54) is 6.21 Å². The fraction of sp³-hybridized carbons (Fsp3) is 0.158. The van der Waals surface area contributed by atoms with Crippen LogP contribution in [-0.4, -0.2) is 31.1 Å². The molecule has 26 heavy (non-hydrogen) atoms. The molecule has 0 aromatic heterocycles. The summed E-state index contributed by atoms with van der Waals surface area (Å²) >= 11 is 11.9. The van der Waals surface area contributed by atoms with E-state index in [0.29, 0.717) is 21.3 Å². The van der Waals surface area contributed by atoms with E-state index in [9.17, 15) is 4.79 Å². The lowest BCUT2D eigenvalue weighted by Crippen LogP contribution is -2.18. The molecule has 2 aromatic carbocycles. The van der Waals surface area contributed by atoms with Crippen molar-refractivity contribution in [3.8, 4) is 0 Å². The molecule has 0 atom stereocenters. The Hall–Kier alpha value is -2.50. The fourth-order valence-electron chi connectivity index (χ4n) is 1.99. The molecule has 0 radical (unpaired) electrons. The number of carbonyl (C=O) groups is 1. The molecule has 1 amide bonds. The van der Waals surface area contributed by atoms with Crippen molar-refractivity contribution in [2.75, 3.05) is 19.4 Å². The van der Waals surface area contributed by atoms with Crippen LogP contribution in [0.1, 0.15) is 5.56 Å². The monoisotopic (exact) mass is 391 g/mol. The van der Waals surface area contributed by atoms with Crippen molar-refractivity contribution in [2.24, 2.45) is 5.16 Å². The summed E-state index contributed by atoms with van der Waals surface area (Å²) in [4.78, 5) is 19.4. The van der Waals surface area contributed by atoms with Gasteiger partial charge in [0.25, 0.3) is 5.91 Å². The number of hydrogen-bond donors (Lipinski definition) is 1. The molecule has 0 saturated carbocycles. The molecule has 0 aliphatic carbocycles. The summed E-state index contributed by atoms with van der Waals surface area (Å²) in [6, 6.07) is 14.3. The number of oxime groups is 1. The maximum absolute atomic E-state index is 12.4. The smallest absolute Gasteiger partial charge is 0.258 e. The Morgan fingerprint density at radius 3 is 2.58 bits per heavy atom. The van der Waals surface area contributed by atoms with Gasteiger partial charge in [0.05, 0.1) is 11.8 Å². The van der Waals surface area contributed by atoms with Crippen LogP contribution in [0.5, 0.6) is 0 Å². The molecule has 0 unspecified atom stereocenters. The summed E-state index contributed by atoms with van der Waals surface area (Å²) in [7, 11) is 3.63. The molecule has 7 heteroatoms. The maximum Gasteiger partial charge on any atom is 0.258 e. The van der Waals surface area contributed by atoms with Gasteiger partial charge in [-0.3, -0.25) is 4.79 Å². The van der Waals surface area contributed by atoms with Gasteiger partial charge in [0, 0.05) is 41.6 Å². The lowest BCUT2D eigenvalue weighted by Gasteiger charge is -2.09. The van der Waals surface area contributed by atoms with Crippen LogP contribution in [0, 0.1) is 0 Å². The average molecular weight is 392 g/mol. The van der Waals surface area contributed by atoms with Crippen LogP contribution in [-0.2, 0) is 16.2 Å². The number of halogens is 2. The van der Waals surface area contributed by atoms with Crippen LogP contribution in [0.4, 0.5) is 5.69 Å². The zero-order valence-electron chi connectivity index (χ0n) is 14.4. The Morgan fingerprint density at radius 1 is 1.19 bits per heavy atom. The van der Waals surface area contributed by atoms with E-state index in [-0.39, 0.29) is 12.5 Å². The first-order valence-electron chi connectivity index (χ1n) is 7.79. The van der Waals surface area contributed by atoms with Gasteiger partial charge < -0.3 is 15.1 Å². The zero-order chi connectivity index (χ0) is 18.9. The highest BCUT2D eigenvalue weighted by molar-refractivity contribution is 6.35. The molecule has 136 valence electrons. The minimum atomic E-state index is -0.290. The average Bonchev–Trinajstić information content (AvgIpc) is 2.59. The summed E-state index contributed by atoms with van der Waals surface area (Å²) in [6.07, 6.45) is 3.02. The lowest BCUT2D eigenvalue weighted by atomic mass is 10.2. The van der Waals surface area contributed by atoms with E-state index in [4.69, 9.17) is 28.0 Å². The SMILES string of the molecule is CN(C)/C=C(/C=N/OCc1ccc(Cl)cc1Cl)C(=O)Nc1ccccc1. The lowest BCUT2D eigenvalue weighted by molar-refractivity contribution is -0.112. The van der Waals surface area contributed by atoms with E-state index >= 15 is 0 Å². The quantitative estimate of drug-likeness (QED) is 0.426. The fourth-order valence-corrected chi connectivity index (χ4v) is 2.46. The first-order chi connectivity index (χ1) is 12.5. The zero-order valence-corrected chi connectivity index (χ0v) is 16.0. The molecule has 2 rings (SSSR count). The molecule has 0 aliphatic heterocycles. The second kappa shape index (κ2) is 9.85. The van der Waals surface area contributed by atoms with Gasteiger partial charge in [0.2, 0.25) is 0 Å². The van der Waals surface area contributed by atoms with E-state index in [2.05, 4.69) is 10.5 Å². The third-order valence-corrected chi connectivity index (χ3v) is 3.78. The second-order valence-corrected chi connectivity index (χ2v) is 6.46. The molecule has 1 N–H and O–H groups in total. The minimum Gasteiger partial charge on any atom is -0.391 e. The number of nitrogens with one attached hydrogen (secondary N) is 1. The second-order valence-electron chi connectivity index (χ2n) is 5.61. The van der Waals surface area contributed by atoms with Crippen molar-refractivity contribution in [3.05, 3.63) is 75.9 Å². The topological polar surface area (TPSA) is 53.9 Å². The van der Waals surface area contributed by atoms with Gasteiger partial charge in [-0.05, 0) is 24.3 Å². The van der Waals surface area contributed by atoms with Crippen LogP contribution in [0.25, 0.3) is 0 Å². The van der Waals surface area contributed by atoms with E-state index in [0.717, 1.165) is 5.56 Å². The summed E-state index contributed by atoms with van der Waals surface area (Å²) in [6.45, 7) is 0.169. The van der Waals surface area contributed by atoms with Crippen LogP contribution >= 0.6 is 23.2 Å². The molecule has 0 spiro atoms. The molecule has 0 saturated heterocycles. The summed E-state index contributed by atoms with van der Waals surface area (Å²) in [5, 5.41) is 7.73. The van der Waals surface area contributed by atoms with E-state index in [1.807, 2.05) is 32.3 Å². The van der Waals surface area contributed by atoms with Crippen LogP contribution in [0.3, 0.4) is 0 Å². The number of nitrogens with zero attached hydrogens (tertiary/aromatic N) is 2. The van der Waals surface area contributed by atoms with E-state index < -0.39 is 0 Å². The summed E-state index contributed by atoms with van der Waals surface area (Å²) in [5.41, 5.74) is 1.80. The number of para-hydroxylation sites is 1. The van der Waals surface area contributed by atoms with Gasteiger partial charge in [-0.15, -0.1) is 0 Å². The molecule has 0 aliphatic rings. The third-order valence-electron chi connectivity index (χ3n) is 3.19. The highest BCUT2D eigenvalue weighted by atomic mass is 35.5. The van der Waals surface area contributed by atoms with E-state index in [1.54, 1.807) is 41.4 Å². The normalized spacial score (nSPS) is 11.5. The van der Waals surface area contributed by atoms with Crippen LogP contribution in [0.15, 0.2) is 65.5 Å². The molecular formula is C19H19Cl2N3O2. The number of carbonyl (C=O) groups excluding carboxylic acids is 1. The van der Waals surface area contributed by atoms with Crippen molar-refractivity contribution in [1.29, 1.82) is 0 Å². The molecule has 2 aromatic rings.